The van der Waals surface area contributed by atoms with Gasteiger partial charge >= 0.3 is 0 Å². The number of methoxy groups -OCH3 is 1. The molecule has 1 rings (SSSR count). The maximum atomic E-state index is 5.45. The van der Waals surface area contributed by atoms with E-state index < -0.39 is 0 Å². The molecule has 130 valence electrons. The van der Waals surface area contributed by atoms with Crippen LogP contribution in [-0.4, -0.2) is 46.0 Å². The number of ether oxygens (including phenoxy) is 2. The first-order valence-electron chi connectivity index (χ1n) is 8.44. The summed E-state index contributed by atoms with van der Waals surface area (Å²) in [4.78, 5) is 4.63. The van der Waals surface area contributed by atoms with Crippen LogP contribution < -0.4 is 10.6 Å². The molecule has 1 aromatic rings. The number of benzene rings is 1. The first-order valence-corrected chi connectivity index (χ1v) is 8.44. The van der Waals surface area contributed by atoms with Crippen LogP contribution in [0.25, 0.3) is 0 Å². The van der Waals surface area contributed by atoms with E-state index in [1.54, 1.807) is 7.11 Å². The number of unbranched alkanes of at least 4 members (excludes halogenated alkanes) is 1. The van der Waals surface area contributed by atoms with E-state index in [2.05, 4.69) is 53.7 Å². The van der Waals surface area contributed by atoms with Gasteiger partial charge in [0.25, 0.3) is 0 Å². The number of rotatable bonds is 11. The number of nitrogens with one attached hydrogen (secondary N) is 2. The van der Waals surface area contributed by atoms with Crippen LogP contribution in [0, 0.1) is 0 Å². The van der Waals surface area contributed by atoms with Crippen molar-refractivity contribution >= 4 is 5.96 Å². The molecule has 0 heterocycles. The predicted molar refractivity (Wildman–Crippen MR) is 95.9 cm³/mol. The van der Waals surface area contributed by atoms with E-state index in [1.165, 1.54) is 5.56 Å². The molecule has 0 fully saturated rings. The van der Waals surface area contributed by atoms with Crippen molar-refractivity contribution in [2.24, 2.45) is 4.99 Å². The molecule has 0 amide bonds. The molecule has 2 N–H and O–H groups in total. The van der Waals surface area contributed by atoms with Gasteiger partial charge in [-0.2, -0.15) is 0 Å². The number of guanidine groups is 1. The summed E-state index contributed by atoms with van der Waals surface area (Å²) in [6.07, 6.45) is 2.03. The summed E-state index contributed by atoms with van der Waals surface area (Å²) in [7, 11) is 1.68. The molecule has 1 atom stereocenters. The van der Waals surface area contributed by atoms with Crippen molar-refractivity contribution in [3.05, 3.63) is 35.9 Å². The Labute approximate surface area is 140 Å². The van der Waals surface area contributed by atoms with Crippen LogP contribution in [0.2, 0.25) is 0 Å². The van der Waals surface area contributed by atoms with Crippen molar-refractivity contribution in [2.75, 3.05) is 40.0 Å². The Balaban J connectivity index is 2.30. The minimum Gasteiger partial charge on any atom is -0.382 e. The normalized spacial score (nSPS) is 12.9. The lowest BCUT2D eigenvalue weighted by molar-refractivity contribution is 0.0690. The highest BCUT2D eigenvalue weighted by Crippen LogP contribution is 2.10. The molecule has 0 saturated carbocycles. The van der Waals surface area contributed by atoms with Crippen LogP contribution >= 0.6 is 0 Å². The van der Waals surface area contributed by atoms with Gasteiger partial charge in [0.15, 0.2) is 5.96 Å². The molecule has 5 nitrogen and oxygen atoms in total. The Morgan fingerprint density at radius 3 is 2.61 bits per heavy atom. The lowest BCUT2D eigenvalue weighted by Gasteiger charge is -2.18. The van der Waals surface area contributed by atoms with Crippen LogP contribution in [0.5, 0.6) is 0 Å². The quantitative estimate of drug-likeness (QED) is 0.374. The van der Waals surface area contributed by atoms with Gasteiger partial charge in [-0.15, -0.1) is 0 Å². The molecule has 0 aliphatic rings. The van der Waals surface area contributed by atoms with Gasteiger partial charge in [0.1, 0.15) is 0 Å². The van der Waals surface area contributed by atoms with Crippen LogP contribution in [0.15, 0.2) is 35.3 Å². The van der Waals surface area contributed by atoms with Crippen molar-refractivity contribution in [2.45, 2.75) is 32.7 Å². The second-order valence-corrected chi connectivity index (χ2v) is 5.35. The van der Waals surface area contributed by atoms with Crippen molar-refractivity contribution in [1.29, 1.82) is 0 Å². The van der Waals surface area contributed by atoms with Crippen LogP contribution in [0.1, 0.15) is 38.3 Å². The van der Waals surface area contributed by atoms with E-state index in [9.17, 15) is 0 Å². The van der Waals surface area contributed by atoms with Crippen LogP contribution in [-0.2, 0) is 9.47 Å². The van der Waals surface area contributed by atoms with Crippen LogP contribution in [0.3, 0.4) is 0 Å². The minimum atomic E-state index is 0.228. The largest absolute Gasteiger partial charge is 0.382 e. The van der Waals surface area contributed by atoms with Gasteiger partial charge in [-0.3, -0.25) is 4.99 Å². The summed E-state index contributed by atoms with van der Waals surface area (Å²) in [6.45, 7) is 7.96. The molecule has 0 aliphatic heterocycles. The molecule has 0 spiro atoms. The average Bonchev–Trinajstić information content (AvgIpc) is 2.58. The van der Waals surface area contributed by atoms with E-state index in [0.717, 1.165) is 38.5 Å². The van der Waals surface area contributed by atoms with Gasteiger partial charge in [-0.05, 0) is 32.3 Å². The lowest BCUT2D eigenvalue weighted by atomic mass is 10.1. The Morgan fingerprint density at radius 1 is 1.13 bits per heavy atom. The number of hydrogen-bond acceptors (Lipinski definition) is 3. The standard InChI is InChI=1S/C18H31N3O2/c1-4-19-18(20-12-8-9-13-23-15-14-22-3)21-16(2)17-10-6-5-7-11-17/h5-7,10-11,16H,4,8-9,12-15H2,1-3H3,(H2,19,20,21). The lowest BCUT2D eigenvalue weighted by Crippen LogP contribution is -2.38. The molecule has 0 saturated heterocycles. The first-order chi connectivity index (χ1) is 11.3. The summed E-state index contributed by atoms with van der Waals surface area (Å²) >= 11 is 0. The molecule has 0 aliphatic carbocycles. The maximum Gasteiger partial charge on any atom is 0.191 e. The Morgan fingerprint density at radius 2 is 1.91 bits per heavy atom. The topological polar surface area (TPSA) is 54.9 Å². The summed E-state index contributed by atoms with van der Waals surface area (Å²) in [6, 6.07) is 10.6. The fourth-order valence-electron chi connectivity index (χ4n) is 2.10. The monoisotopic (exact) mass is 321 g/mol. The second-order valence-electron chi connectivity index (χ2n) is 5.35. The third-order valence-electron chi connectivity index (χ3n) is 3.40. The van der Waals surface area contributed by atoms with Gasteiger partial charge < -0.3 is 20.1 Å². The highest BCUT2D eigenvalue weighted by atomic mass is 16.5. The Hall–Kier alpha value is -1.59. The highest BCUT2D eigenvalue weighted by molar-refractivity contribution is 5.80. The predicted octanol–water partition coefficient (Wildman–Crippen LogP) is 2.75. The molecule has 0 aromatic heterocycles. The van der Waals surface area contributed by atoms with Gasteiger partial charge in [0.2, 0.25) is 0 Å². The zero-order chi connectivity index (χ0) is 16.8. The van der Waals surface area contributed by atoms with Gasteiger partial charge in [-0.1, -0.05) is 30.3 Å². The minimum absolute atomic E-state index is 0.228. The Kier molecular flexibility index (Phi) is 10.9. The SMILES string of the molecule is CCNC(=NCCCCOCCOC)NC(C)c1ccccc1. The smallest absolute Gasteiger partial charge is 0.191 e. The zero-order valence-corrected chi connectivity index (χ0v) is 14.7. The van der Waals surface area contributed by atoms with Gasteiger partial charge in [0, 0.05) is 26.8 Å². The second kappa shape index (κ2) is 12.9. The van der Waals surface area contributed by atoms with Gasteiger partial charge in [0.05, 0.1) is 19.3 Å². The van der Waals surface area contributed by atoms with E-state index in [4.69, 9.17) is 9.47 Å². The first kappa shape index (κ1) is 19.5. The third kappa shape index (κ3) is 9.21. The van der Waals surface area contributed by atoms with Crippen molar-refractivity contribution in [1.82, 2.24) is 10.6 Å². The van der Waals surface area contributed by atoms with Crippen molar-refractivity contribution < 1.29 is 9.47 Å². The number of hydrogen-bond donors (Lipinski definition) is 2. The fraction of sp³-hybridized carbons (Fsp3) is 0.611. The maximum absolute atomic E-state index is 5.45. The third-order valence-corrected chi connectivity index (χ3v) is 3.40. The van der Waals surface area contributed by atoms with E-state index in [0.29, 0.717) is 13.2 Å². The summed E-state index contributed by atoms with van der Waals surface area (Å²) in [5.41, 5.74) is 1.25. The molecular formula is C18H31N3O2. The molecule has 23 heavy (non-hydrogen) atoms. The van der Waals surface area contributed by atoms with E-state index in [1.807, 2.05) is 6.07 Å². The summed E-state index contributed by atoms with van der Waals surface area (Å²) < 4.78 is 10.4. The average molecular weight is 321 g/mol. The highest BCUT2D eigenvalue weighted by Gasteiger charge is 2.06. The zero-order valence-electron chi connectivity index (χ0n) is 14.7. The summed E-state index contributed by atoms with van der Waals surface area (Å²) in [5, 5.41) is 6.74. The molecule has 1 aromatic carbocycles. The van der Waals surface area contributed by atoms with Gasteiger partial charge in [-0.25, -0.2) is 0 Å². The fourth-order valence-corrected chi connectivity index (χ4v) is 2.10. The molecule has 5 heteroatoms. The molecule has 0 bridgehead atoms. The number of aliphatic imine (C=N–C) groups is 1. The number of nitrogens with zero attached hydrogens (tertiary/aromatic N) is 1. The van der Waals surface area contributed by atoms with E-state index >= 15 is 0 Å². The van der Waals surface area contributed by atoms with Crippen molar-refractivity contribution in [3.63, 3.8) is 0 Å². The molecule has 0 radical (unpaired) electrons. The van der Waals surface area contributed by atoms with E-state index in [-0.39, 0.29) is 6.04 Å². The Bertz CT molecular complexity index is 424. The van der Waals surface area contributed by atoms with Crippen molar-refractivity contribution in [3.8, 4) is 0 Å². The summed E-state index contributed by atoms with van der Waals surface area (Å²) in [5.74, 6) is 0.865. The van der Waals surface area contributed by atoms with Crippen LogP contribution in [0.4, 0.5) is 0 Å². The molecular weight excluding hydrogens is 290 g/mol. The molecule has 1 unspecified atom stereocenters.